The van der Waals surface area contributed by atoms with Gasteiger partial charge in [-0.05, 0) is 70.1 Å². The SMILES string of the molecule is CCCCC(C)C1CCCC(OC)CCC(C)C=C(C)C(=O)N2CCCC2C(=O)O1. The quantitative estimate of drug-likeness (QED) is 0.567. The minimum absolute atomic E-state index is 0.0185. The van der Waals surface area contributed by atoms with Gasteiger partial charge in [-0.3, -0.25) is 4.79 Å². The lowest BCUT2D eigenvalue weighted by molar-refractivity contribution is -0.160. The molecule has 0 aromatic carbocycles. The number of unbranched alkanes of at least 4 members (excludes halogenated alkanes) is 1. The van der Waals surface area contributed by atoms with Gasteiger partial charge in [-0.2, -0.15) is 0 Å². The third-order valence-corrected chi connectivity index (χ3v) is 6.86. The van der Waals surface area contributed by atoms with Crippen LogP contribution in [0.4, 0.5) is 0 Å². The van der Waals surface area contributed by atoms with Gasteiger partial charge in [0, 0.05) is 19.2 Å². The Kier molecular flexibility index (Phi) is 10.4. The predicted molar refractivity (Wildman–Crippen MR) is 120 cm³/mol. The second kappa shape index (κ2) is 12.5. The van der Waals surface area contributed by atoms with Gasteiger partial charge in [-0.1, -0.05) is 39.7 Å². The summed E-state index contributed by atoms with van der Waals surface area (Å²) in [4.78, 5) is 27.9. The monoisotopic (exact) mass is 421 g/mol. The highest BCUT2D eigenvalue weighted by Gasteiger charge is 2.37. The highest BCUT2D eigenvalue weighted by atomic mass is 16.5. The number of ether oxygens (including phenoxy) is 2. The minimum Gasteiger partial charge on any atom is -0.461 e. The highest BCUT2D eigenvalue weighted by Crippen LogP contribution is 2.27. The van der Waals surface area contributed by atoms with E-state index in [0.717, 1.165) is 63.4 Å². The third-order valence-electron chi connectivity index (χ3n) is 6.86. The normalized spacial score (nSPS) is 30.7. The van der Waals surface area contributed by atoms with Crippen LogP contribution >= 0.6 is 0 Å². The molecule has 0 N–H and O–H groups in total. The van der Waals surface area contributed by atoms with Gasteiger partial charge in [-0.25, -0.2) is 4.79 Å². The molecule has 2 rings (SSSR count). The molecule has 0 radical (unpaired) electrons. The lowest BCUT2D eigenvalue weighted by Gasteiger charge is -2.29. The van der Waals surface area contributed by atoms with E-state index in [-0.39, 0.29) is 24.1 Å². The molecule has 30 heavy (non-hydrogen) atoms. The molecule has 0 aromatic rings. The maximum absolute atomic E-state index is 13.1. The van der Waals surface area contributed by atoms with Crippen LogP contribution in [0, 0.1) is 11.8 Å². The molecule has 0 saturated carbocycles. The molecule has 2 heterocycles. The molecule has 5 nitrogen and oxygen atoms in total. The summed E-state index contributed by atoms with van der Waals surface area (Å²) in [5.41, 5.74) is 0.735. The number of hydrogen-bond donors (Lipinski definition) is 0. The molecule has 0 aliphatic carbocycles. The molecular formula is C25H43NO4. The lowest BCUT2D eigenvalue weighted by atomic mass is 9.92. The van der Waals surface area contributed by atoms with Crippen LogP contribution < -0.4 is 0 Å². The van der Waals surface area contributed by atoms with Crippen LogP contribution in [-0.2, 0) is 19.1 Å². The summed E-state index contributed by atoms with van der Waals surface area (Å²) in [6, 6.07) is -0.436. The summed E-state index contributed by atoms with van der Waals surface area (Å²) in [5.74, 6) is 0.410. The van der Waals surface area contributed by atoms with Crippen molar-refractivity contribution < 1.29 is 19.1 Å². The Hall–Kier alpha value is -1.36. The van der Waals surface area contributed by atoms with Crippen molar-refractivity contribution >= 4 is 11.9 Å². The van der Waals surface area contributed by atoms with Crippen LogP contribution in [0.25, 0.3) is 0 Å². The van der Waals surface area contributed by atoms with Crippen LogP contribution in [0.2, 0.25) is 0 Å². The fraction of sp³-hybridized carbons (Fsp3) is 0.840. The number of carbonyl (C=O) groups is 2. The molecule has 5 heteroatoms. The van der Waals surface area contributed by atoms with E-state index in [1.54, 1.807) is 12.0 Å². The molecule has 1 fully saturated rings. The molecule has 1 saturated heterocycles. The van der Waals surface area contributed by atoms with Gasteiger partial charge in [0.05, 0.1) is 6.10 Å². The van der Waals surface area contributed by atoms with Crippen molar-refractivity contribution in [2.24, 2.45) is 11.8 Å². The van der Waals surface area contributed by atoms with Crippen molar-refractivity contribution in [1.82, 2.24) is 4.90 Å². The molecule has 0 bridgehead atoms. The molecule has 5 unspecified atom stereocenters. The topological polar surface area (TPSA) is 55.8 Å². The zero-order valence-corrected chi connectivity index (χ0v) is 19.8. The van der Waals surface area contributed by atoms with E-state index < -0.39 is 6.04 Å². The van der Waals surface area contributed by atoms with Crippen LogP contribution in [-0.4, -0.2) is 48.7 Å². The standard InChI is InChI=1S/C25H43NO4/c1-6-7-10-19(3)23-13-8-11-21(29-5)15-14-18(2)17-20(4)24(27)26-16-9-12-22(26)25(28)30-23/h17-19,21-23H,6-16H2,1-5H3. The first-order valence-electron chi connectivity index (χ1n) is 12.1. The maximum atomic E-state index is 13.1. The van der Waals surface area contributed by atoms with Gasteiger partial charge in [-0.15, -0.1) is 0 Å². The summed E-state index contributed by atoms with van der Waals surface area (Å²) < 4.78 is 11.8. The largest absolute Gasteiger partial charge is 0.461 e. The molecule has 5 atom stereocenters. The lowest BCUT2D eigenvalue weighted by Crippen LogP contribution is -2.43. The predicted octanol–water partition coefficient (Wildman–Crippen LogP) is 5.28. The summed E-state index contributed by atoms with van der Waals surface area (Å²) in [6.07, 6.45) is 11.9. The number of rotatable bonds is 5. The summed E-state index contributed by atoms with van der Waals surface area (Å²) in [5, 5.41) is 0. The smallest absolute Gasteiger partial charge is 0.329 e. The summed E-state index contributed by atoms with van der Waals surface area (Å²) >= 11 is 0. The van der Waals surface area contributed by atoms with Gasteiger partial charge < -0.3 is 14.4 Å². The maximum Gasteiger partial charge on any atom is 0.329 e. The van der Waals surface area contributed by atoms with Crippen LogP contribution in [0.15, 0.2) is 11.6 Å². The molecule has 2 aliphatic rings. The second-order valence-electron chi connectivity index (χ2n) is 9.44. The van der Waals surface area contributed by atoms with Crippen LogP contribution in [0.1, 0.15) is 91.9 Å². The van der Waals surface area contributed by atoms with Gasteiger partial charge in [0.1, 0.15) is 12.1 Å². The van der Waals surface area contributed by atoms with Crippen molar-refractivity contribution in [3.05, 3.63) is 11.6 Å². The van der Waals surface area contributed by atoms with E-state index in [0.29, 0.717) is 24.8 Å². The Morgan fingerprint density at radius 2 is 1.93 bits per heavy atom. The Morgan fingerprint density at radius 1 is 1.17 bits per heavy atom. The van der Waals surface area contributed by atoms with Crippen molar-refractivity contribution in [2.45, 2.75) is 110 Å². The third kappa shape index (κ3) is 7.11. The zero-order valence-electron chi connectivity index (χ0n) is 19.8. The first-order valence-corrected chi connectivity index (χ1v) is 12.1. The van der Waals surface area contributed by atoms with E-state index in [9.17, 15) is 9.59 Å². The van der Waals surface area contributed by atoms with Crippen molar-refractivity contribution in [2.75, 3.05) is 13.7 Å². The highest BCUT2D eigenvalue weighted by molar-refractivity contribution is 5.96. The number of hydrogen-bond acceptors (Lipinski definition) is 4. The Bertz CT molecular complexity index is 588. The second-order valence-corrected chi connectivity index (χ2v) is 9.44. The number of esters is 1. The molecule has 172 valence electrons. The minimum atomic E-state index is -0.436. The van der Waals surface area contributed by atoms with Crippen molar-refractivity contribution in [3.8, 4) is 0 Å². The van der Waals surface area contributed by atoms with Gasteiger partial charge in [0.2, 0.25) is 5.91 Å². The number of amides is 1. The van der Waals surface area contributed by atoms with E-state index in [2.05, 4.69) is 26.8 Å². The zero-order chi connectivity index (χ0) is 22.1. The van der Waals surface area contributed by atoms with Gasteiger partial charge >= 0.3 is 5.97 Å². The molecule has 0 aromatic heterocycles. The first kappa shape index (κ1) is 24.9. The molecule has 1 amide bonds. The summed E-state index contributed by atoms with van der Waals surface area (Å²) in [7, 11) is 1.78. The Labute approximate surface area is 183 Å². The fourth-order valence-corrected chi connectivity index (χ4v) is 4.84. The van der Waals surface area contributed by atoms with Gasteiger partial charge in [0.25, 0.3) is 0 Å². The van der Waals surface area contributed by atoms with Crippen molar-refractivity contribution in [1.29, 1.82) is 0 Å². The number of methoxy groups -OCH3 is 1. The number of nitrogens with zero attached hydrogens (tertiary/aromatic N) is 1. The van der Waals surface area contributed by atoms with Gasteiger partial charge in [0.15, 0.2) is 0 Å². The fourth-order valence-electron chi connectivity index (χ4n) is 4.84. The van der Waals surface area contributed by atoms with E-state index in [4.69, 9.17) is 9.47 Å². The summed E-state index contributed by atoms with van der Waals surface area (Å²) in [6.45, 7) is 9.06. The first-order chi connectivity index (χ1) is 14.4. The average Bonchev–Trinajstić information content (AvgIpc) is 3.22. The number of fused-ring (bicyclic) bond motifs is 1. The number of cyclic esters (lactones) is 1. The van der Waals surface area contributed by atoms with E-state index in [1.165, 1.54) is 0 Å². The van der Waals surface area contributed by atoms with Crippen LogP contribution in [0.3, 0.4) is 0 Å². The van der Waals surface area contributed by atoms with Crippen molar-refractivity contribution in [3.63, 3.8) is 0 Å². The average molecular weight is 422 g/mol. The van der Waals surface area contributed by atoms with Crippen LogP contribution in [0.5, 0.6) is 0 Å². The number of allylic oxidation sites excluding steroid dienone is 1. The van der Waals surface area contributed by atoms with E-state index in [1.807, 2.05) is 6.92 Å². The molecule has 0 spiro atoms. The molecular weight excluding hydrogens is 378 g/mol. The molecule has 2 aliphatic heterocycles. The Balaban J connectivity index is 2.22. The number of carbonyl (C=O) groups excluding carboxylic acids is 2. The van der Waals surface area contributed by atoms with E-state index >= 15 is 0 Å². The Morgan fingerprint density at radius 3 is 2.63 bits per heavy atom.